The maximum absolute atomic E-state index is 11.5. The third kappa shape index (κ3) is 1.86. The Kier molecular flexibility index (Phi) is 2.45. The molecule has 0 aromatic carbocycles. The smallest absolute Gasteiger partial charge is 0.330 e. The topological polar surface area (TPSA) is 73.3 Å². The molecular weight excluding hydrogens is 200 g/mol. The number of nitrogens with one attached hydrogen (secondary N) is 1. The summed E-state index contributed by atoms with van der Waals surface area (Å²) in [6, 6.07) is 0. The van der Waals surface area contributed by atoms with Gasteiger partial charge < -0.3 is 9.47 Å². The first-order valence-electron chi connectivity index (χ1n) is 4.67. The van der Waals surface area contributed by atoms with Gasteiger partial charge in [-0.3, -0.25) is 14.3 Å². The van der Waals surface area contributed by atoms with Crippen molar-refractivity contribution in [2.75, 3.05) is 6.61 Å². The second kappa shape index (κ2) is 3.63. The van der Waals surface area contributed by atoms with Gasteiger partial charge in [-0.15, -0.1) is 0 Å². The first-order valence-corrected chi connectivity index (χ1v) is 4.67. The average Bonchev–Trinajstić information content (AvgIpc) is 2.58. The van der Waals surface area contributed by atoms with Gasteiger partial charge in [0, 0.05) is 11.8 Å². The SMILES string of the molecule is Cc1cn([C@H]2CO[C@@H](C)O2)c(=O)[nH]c1=O. The zero-order valence-electron chi connectivity index (χ0n) is 8.52. The largest absolute Gasteiger partial charge is 0.348 e. The van der Waals surface area contributed by atoms with Crippen molar-refractivity contribution in [3.8, 4) is 0 Å². The lowest BCUT2D eigenvalue weighted by atomic mass is 10.4. The van der Waals surface area contributed by atoms with Crippen LogP contribution in [0.3, 0.4) is 0 Å². The van der Waals surface area contributed by atoms with Crippen LogP contribution in [0.25, 0.3) is 0 Å². The molecule has 0 radical (unpaired) electrons. The first-order chi connectivity index (χ1) is 7.08. The molecule has 15 heavy (non-hydrogen) atoms. The zero-order chi connectivity index (χ0) is 11.0. The summed E-state index contributed by atoms with van der Waals surface area (Å²) in [5, 5.41) is 0. The Morgan fingerprint density at radius 1 is 1.53 bits per heavy atom. The van der Waals surface area contributed by atoms with Crippen molar-refractivity contribution in [3.63, 3.8) is 0 Å². The third-order valence-electron chi connectivity index (χ3n) is 2.28. The number of H-pyrrole nitrogens is 1. The zero-order valence-corrected chi connectivity index (χ0v) is 8.52. The lowest BCUT2D eigenvalue weighted by molar-refractivity contribution is -0.0580. The van der Waals surface area contributed by atoms with E-state index in [1.807, 2.05) is 0 Å². The summed E-state index contributed by atoms with van der Waals surface area (Å²) < 4.78 is 11.8. The molecule has 0 unspecified atom stereocenters. The molecule has 0 amide bonds. The summed E-state index contributed by atoms with van der Waals surface area (Å²) in [6.07, 6.45) is 0.699. The standard InChI is InChI=1S/C9H12N2O4/c1-5-3-11(9(13)10-8(5)12)7-4-14-6(2)15-7/h3,6-7H,4H2,1-2H3,(H,10,12,13)/t6-,7-/m1/s1. The van der Waals surface area contributed by atoms with Crippen molar-refractivity contribution in [1.82, 2.24) is 9.55 Å². The predicted molar refractivity (Wildman–Crippen MR) is 51.6 cm³/mol. The summed E-state index contributed by atoms with van der Waals surface area (Å²) in [6.45, 7) is 3.70. The second-order valence-electron chi connectivity index (χ2n) is 3.47. The highest BCUT2D eigenvalue weighted by atomic mass is 16.7. The molecule has 1 aromatic heterocycles. The lowest BCUT2D eigenvalue weighted by Crippen LogP contribution is -2.34. The van der Waals surface area contributed by atoms with Crippen LogP contribution in [0.5, 0.6) is 0 Å². The number of ether oxygens (including phenoxy) is 2. The van der Waals surface area contributed by atoms with Crippen LogP contribution in [0.1, 0.15) is 18.7 Å². The van der Waals surface area contributed by atoms with Gasteiger partial charge in [0.1, 0.15) is 0 Å². The van der Waals surface area contributed by atoms with Crippen molar-refractivity contribution in [2.24, 2.45) is 0 Å². The summed E-state index contributed by atoms with van der Waals surface area (Å²) in [5.41, 5.74) is -0.380. The van der Waals surface area contributed by atoms with Gasteiger partial charge in [-0.25, -0.2) is 4.79 Å². The van der Waals surface area contributed by atoms with E-state index in [0.717, 1.165) is 0 Å². The summed E-state index contributed by atoms with van der Waals surface area (Å²) in [5.74, 6) is 0. The van der Waals surface area contributed by atoms with Crippen LogP contribution in [-0.4, -0.2) is 22.4 Å². The fourth-order valence-corrected chi connectivity index (χ4v) is 1.46. The van der Waals surface area contributed by atoms with Crippen LogP contribution in [0, 0.1) is 6.92 Å². The molecule has 0 spiro atoms. The fourth-order valence-electron chi connectivity index (χ4n) is 1.46. The molecule has 2 heterocycles. The molecule has 0 aliphatic carbocycles. The van der Waals surface area contributed by atoms with E-state index in [0.29, 0.717) is 12.2 Å². The second-order valence-corrected chi connectivity index (χ2v) is 3.47. The van der Waals surface area contributed by atoms with Crippen LogP contribution < -0.4 is 11.2 Å². The molecule has 2 atom stereocenters. The maximum atomic E-state index is 11.5. The van der Waals surface area contributed by atoms with Gasteiger partial charge in [-0.2, -0.15) is 0 Å². The lowest BCUT2D eigenvalue weighted by Gasteiger charge is -2.11. The number of nitrogens with zero attached hydrogens (tertiary/aromatic N) is 1. The number of hydrogen-bond donors (Lipinski definition) is 1. The molecule has 1 saturated heterocycles. The summed E-state index contributed by atoms with van der Waals surface area (Å²) in [4.78, 5) is 24.8. The van der Waals surface area contributed by atoms with Gasteiger partial charge in [0.15, 0.2) is 12.5 Å². The van der Waals surface area contributed by atoms with Crippen LogP contribution in [0.2, 0.25) is 0 Å². The minimum atomic E-state index is -0.478. The quantitative estimate of drug-likeness (QED) is 0.695. The molecule has 1 fully saturated rings. The van der Waals surface area contributed by atoms with Crippen LogP contribution >= 0.6 is 0 Å². The van der Waals surface area contributed by atoms with Gasteiger partial charge in [-0.05, 0) is 13.8 Å². The van der Waals surface area contributed by atoms with Gasteiger partial charge in [-0.1, -0.05) is 0 Å². The number of rotatable bonds is 1. The highest BCUT2D eigenvalue weighted by Crippen LogP contribution is 2.18. The Hall–Kier alpha value is -1.40. The van der Waals surface area contributed by atoms with Gasteiger partial charge in [0.05, 0.1) is 6.61 Å². The Labute approximate surface area is 85.4 Å². The Morgan fingerprint density at radius 2 is 2.27 bits per heavy atom. The minimum Gasteiger partial charge on any atom is -0.348 e. The molecule has 6 nitrogen and oxygen atoms in total. The molecule has 82 valence electrons. The van der Waals surface area contributed by atoms with E-state index in [4.69, 9.17) is 9.47 Å². The number of hydrogen-bond acceptors (Lipinski definition) is 4. The van der Waals surface area contributed by atoms with E-state index in [2.05, 4.69) is 4.98 Å². The average molecular weight is 212 g/mol. The molecule has 1 aliphatic heterocycles. The van der Waals surface area contributed by atoms with Crippen molar-refractivity contribution >= 4 is 0 Å². The van der Waals surface area contributed by atoms with E-state index in [9.17, 15) is 9.59 Å². The number of aromatic nitrogens is 2. The molecule has 0 saturated carbocycles. The maximum Gasteiger partial charge on any atom is 0.330 e. The molecule has 6 heteroatoms. The van der Waals surface area contributed by atoms with Crippen LogP contribution in [-0.2, 0) is 9.47 Å². The summed E-state index contributed by atoms with van der Waals surface area (Å²) >= 11 is 0. The molecule has 1 N–H and O–H groups in total. The Balaban J connectivity index is 2.41. The Morgan fingerprint density at radius 3 is 2.87 bits per heavy atom. The van der Waals surface area contributed by atoms with Gasteiger partial charge in [0.25, 0.3) is 5.56 Å². The van der Waals surface area contributed by atoms with Crippen molar-refractivity contribution in [2.45, 2.75) is 26.4 Å². The van der Waals surface area contributed by atoms with Crippen LogP contribution in [0.4, 0.5) is 0 Å². The minimum absolute atomic E-state index is 0.312. The van der Waals surface area contributed by atoms with E-state index in [-0.39, 0.29) is 11.8 Å². The number of aromatic amines is 1. The van der Waals surface area contributed by atoms with Crippen molar-refractivity contribution in [3.05, 3.63) is 32.6 Å². The van der Waals surface area contributed by atoms with Crippen molar-refractivity contribution in [1.29, 1.82) is 0 Å². The van der Waals surface area contributed by atoms with Gasteiger partial charge >= 0.3 is 5.69 Å². The van der Waals surface area contributed by atoms with E-state index in [1.165, 1.54) is 10.8 Å². The summed E-state index contributed by atoms with van der Waals surface area (Å²) in [7, 11) is 0. The highest BCUT2D eigenvalue weighted by molar-refractivity contribution is 5.01. The normalized spacial score (nSPS) is 25.7. The molecule has 2 rings (SSSR count). The third-order valence-corrected chi connectivity index (χ3v) is 2.28. The fraction of sp³-hybridized carbons (Fsp3) is 0.556. The Bertz CT molecular complexity index is 476. The predicted octanol–water partition coefficient (Wildman–Crippen LogP) is -0.264. The first kappa shape index (κ1) is 10.1. The van der Waals surface area contributed by atoms with Crippen molar-refractivity contribution < 1.29 is 9.47 Å². The monoisotopic (exact) mass is 212 g/mol. The molecule has 1 aromatic rings. The molecule has 1 aliphatic rings. The van der Waals surface area contributed by atoms with E-state index in [1.54, 1.807) is 13.8 Å². The van der Waals surface area contributed by atoms with E-state index < -0.39 is 11.9 Å². The number of aryl methyl sites for hydroxylation is 1. The molecule has 0 bridgehead atoms. The highest BCUT2D eigenvalue weighted by Gasteiger charge is 2.24. The van der Waals surface area contributed by atoms with E-state index >= 15 is 0 Å². The van der Waals surface area contributed by atoms with Gasteiger partial charge in [0.2, 0.25) is 0 Å². The molecular formula is C9H12N2O4. The van der Waals surface area contributed by atoms with Crippen LogP contribution in [0.15, 0.2) is 15.8 Å².